The standard InChI is InChI=1S/C31H28Cl2N4O3/c1-15(2)27-25-26(34-37(27)22-13-17(30(38)35(4)5)8-12-23(22)40-6)31(39)36-28-16(3)7-11-21(33)24(28)20-14-18(32)9-10-19(20)29(25)36/h7-15,29H,1-6H3. The molecule has 0 saturated carbocycles. The average Bonchev–Trinajstić information content (AvgIpc) is 3.45. The second kappa shape index (κ2) is 9.39. The molecular formula is C31H28Cl2N4O3. The number of nitrogens with zero attached hydrogens (tertiary/aromatic N) is 4. The van der Waals surface area contributed by atoms with Crippen LogP contribution >= 0.6 is 23.2 Å². The fourth-order valence-corrected chi connectivity index (χ4v) is 6.39. The lowest BCUT2D eigenvalue weighted by atomic mass is 9.84. The maximum Gasteiger partial charge on any atom is 0.280 e. The maximum atomic E-state index is 14.3. The molecule has 1 aromatic heterocycles. The molecule has 2 aliphatic rings. The molecule has 9 heteroatoms. The fourth-order valence-electron chi connectivity index (χ4n) is 5.96. The van der Waals surface area contributed by atoms with Crippen molar-refractivity contribution < 1.29 is 14.3 Å². The first-order valence-corrected chi connectivity index (χ1v) is 13.8. The van der Waals surface area contributed by atoms with E-state index in [1.807, 2.05) is 42.2 Å². The van der Waals surface area contributed by atoms with Gasteiger partial charge in [-0.25, -0.2) is 4.68 Å². The van der Waals surface area contributed by atoms with E-state index >= 15 is 0 Å². The van der Waals surface area contributed by atoms with Gasteiger partial charge < -0.3 is 9.64 Å². The summed E-state index contributed by atoms with van der Waals surface area (Å²) in [7, 11) is 5.00. The number of fused-ring (bicyclic) bond motifs is 8. The van der Waals surface area contributed by atoms with E-state index in [0.717, 1.165) is 39.2 Å². The second-order valence-corrected chi connectivity index (χ2v) is 11.5. The number of benzene rings is 3. The topological polar surface area (TPSA) is 67.7 Å². The largest absolute Gasteiger partial charge is 0.494 e. The number of rotatable bonds is 4. The number of carbonyl (C=O) groups is 2. The normalized spacial score (nSPS) is 15.1. The highest BCUT2D eigenvalue weighted by atomic mass is 35.5. The first-order chi connectivity index (χ1) is 19.0. The summed E-state index contributed by atoms with van der Waals surface area (Å²) in [5.41, 5.74) is 7.50. The van der Waals surface area contributed by atoms with E-state index in [1.165, 1.54) is 4.90 Å². The summed E-state index contributed by atoms with van der Waals surface area (Å²) in [5.74, 6) is 0.192. The molecule has 6 rings (SSSR count). The fraction of sp³-hybridized carbons (Fsp3) is 0.258. The van der Waals surface area contributed by atoms with Gasteiger partial charge in [-0.1, -0.05) is 49.2 Å². The Labute approximate surface area is 242 Å². The summed E-state index contributed by atoms with van der Waals surface area (Å²) in [6.07, 6.45) is 0. The van der Waals surface area contributed by atoms with E-state index in [0.29, 0.717) is 32.7 Å². The lowest BCUT2D eigenvalue weighted by Crippen LogP contribution is -2.34. The van der Waals surface area contributed by atoms with Crippen LogP contribution in [0.1, 0.15) is 69.0 Å². The van der Waals surface area contributed by atoms with Crippen LogP contribution in [0.3, 0.4) is 0 Å². The lowest BCUT2D eigenvalue weighted by Gasteiger charge is -2.36. The van der Waals surface area contributed by atoms with Crippen LogP contribution in [0.25, 0.3) is 16.8 Å². The van der Waals surface area contributed by atoms with Crippen LogP contribution in [0.2, 0.25) is 10.0 Å². The molecule has 7 nitrogen and oxygen atoms in total. The molecule has 3 heterocycles. The Morgan fingerprint density at radius 3 is 2.50 bits per heavy atom. The third-order valence-corrected chi connectivity index (χ3v) is 8.22. The van der Waals surface area contributed by atoms with E-state index in [9.17, 15) is 9.59 Å². The van der Waals surface area contributed by atoms with Gasteiger partial charge in [-0.05, 0) is 65.9 Å². The van der Waals surface area contributed by atoms with Crippen LogP contribution in [-0.4, -0.2) is 47.7 Å². The van der Waals surface area contributed by atoms with Crippen molar-refractivity contribution in [3.63, 3.8) is 0 Å². The van der Waals surface area contributed by atoms with Gasteiger partial charge in [0.2, 0.25) is 0 Å². The van der Waals surface area contributed by atoms with Crippen molar-refractivity contribution in [2.24, 2.45) is 0 Å². The third kappa shape index (κ3) is 3.68. The molecule has 2 amide bonds. The first-order valence-electron chi connectivity index (χ1n) is 13.0. The first kappa shape index (κ1) is 26.4. The molecule has 1 unspecified atom stereocenters. The summed E-state index contributed by atoms with van der Waals surface area (Å²) in [4.78, 5) is 30.4. The van der Waals surface area contributed by atoms with Crippen LogP contribution in [0.15, 0.2) is 48.5 Å². The van der Waals surface area contributed by atoms with Crippen molar-refractivity contribution in [1.82, 2.24) is 14.7 Å². The molecule has 4 aromatic rings. The zero-order valence-electron chi connectivity index (χ0n) is 23.0. The van der Waals surface area contributed by atoms with Crippen molar-refractivity contribution >= 4 is 40.7 Å². The Morgan fingerprint density at radius 2 is 1.82 bits per heavy atom. The monoisotopic (exact) mass is 574 g/mol. The molecule has 0 saturated heterocycles. The Bertz CT molecular complexity index is 1740. The molecular weight excluding hydrogens is 547 g/mol. The van der Waals surface area contributed by atoms with Gasteiger partial charge in [-0.2, -0.15) is 5.10 Å². The van der Waals surface area contributed by atoms with Gasteiger partial charge in [0.05, 0.1) is 29.6 Å². The van der Waals surface area contributed by atoms with E-state index in [2.05, 4.69) is 13.8 Å². The third-order valence-electron chi connectivity index (χ3n) is 7.67. The number of hydrogen-bond acceptors (Lipinski definition) is 4. The van der Waals surface area contributed by atoms with Crippen molar-refractivity contribution in [2.75, 3.05) is 26.1 Å². The summed E-state index contributed by atoms with van der Waals surface area (Å²) in [6.45, 7) is 6.13. The highest BCUT2D eigenvalue weighted by Gasteiger charge is 2.49. The minimum absolute atomic E-state index is 0.0143. The zero-order valence-corrected chi connectivity index (χ0v) is 24.6. The molecule has 0 bridgehead atoms. The highest BCUT2D eigenvalue weighted by molar-refractivity contribution is 6.35. The van der Waals surface area contributed by atoms with Crippen molar-refractivity contribution in [2.45, 2.75) is 32.7 Å². The smallest absolute Gasteiger partial charge is 0.280 e. The van der Waals surface area contributed by atoms with E-state index in [-0.39, 0.29) is 17.7 Å². The molecule has 2 aliphatic heterocycles. The molecule has 0 spiro atoms. The Hall–Kier alpha value is -3.81. The summed E-state index contributed by atoms with van der Waals surface area (Å²) >= 11 is 13.2. The van der Waals surface area contributed by atoms with Gasteiger partial charge in [0, 0.05) is 35.8 Å². The van der Waals surface area contributed by atoms with E-state index in [1.54, 1.807) is 44.1 Å². The summed E-state index contributed by atoms with van der Waals surface area (Å²) in [5, 5.41) is 6.06. The number of hydrogen-bond donors (Lipinski definition) is 0. The van der Waals surface area contributed by atoms with Crippen LogP contribution < -0.4 is 9.64 Å². The number of aromatic nitrogens is 2. The molecule has 1 atom stereocenters. The van der Waals surface area contributed by atoms with Crippen LogP contribution in [-0.2, 0) is 0 Å². The number of amides is 2. The van der Waals surface area contributed by atoms with Gasteiger partial charge >= 0.3 is 0 Å². The molecule has 0 radical (unpaired) electrons. The predicted molar refractivity (Wildman–Crippen MR) is 158 cm³/mol. The lowest BCUT2D eigenvalue weighted by molar-refractivity contribution is 0.0827. The van der Waals surface area contributed by atoms with Gasteiger partial charge in [-0.15, -0.1) is 0 Å². The SMILES string of the molecule is COc1ccc(C(=O)N(C)C)cc1-n1nc2c(c1C(C)C)C1c3ccc(Cl)cc3-c3c(Cl)ccc(C)c3N1C2=O. The number of methoxy groups -OCH3 is 1. The van der Waals surface area contributed by atoms with Crippen molar-refractivity contribution in [3.05, 3.63) is 92.2 Å². The van der Waals surface area contributed by atoms with E-state index < -0.39 is 6.04 Å². The average molecular weight is 575 g/mol. The van der Waals surface area contributed by atoms with Crippen molar-refractivity contribution in [1.29, 1.82) is 0 Å². The maximum absolute atomic E-state index is 14.3. The van der Waals surface area contributed by atoms with Crippen molar-refractivity contribution in [3.8, 4) is 22.6 Å². The number of ether oxygens (including phenoxy) is 1. The van der Waals surface area contributed by atoms with Crippen LogP contribution in [0.4, 0.5) is 5.69 Å². The number of carbonyl (C=O) groups excluding carboxylic acids is 2. The van der Waals surface area contributed by atoms with Gasteiger partial charge in [0.25, 0.3) is 11.8 Å². The summed E-state index contributed by atoms with van der Waals surface area (Å²) in [6, 6.07) is 14.4. The molecule has 204 valence electrons. The zero-order chi connectivity index (χ0) is 28.6. The number of halogens is 2. The molecule has 3 aromatic carbocycles. The minimum atomic E-state index is -0.414. The molecule has 40 heavy (non-hydrogen) atoms. The van der Waals surface area contributed by atoms with Gasteiger partial charge in [0.15, 0.2) is 5.69 Å². The quantitative estimate of drug-likeness (QED) is 0.262. The Kier molecular flexibility index (Phi) is 6.20. The minimum Gasteiger partial charge on any atom is -0.494 e. The number of anilines is 1. The molecule has 0 aliphatic carbocycles. The molecule has 0 N–H and O–H groups in total. The van der Waals surface area contributed by atoms with Gasteiger partial charge in [0.1, 0.15) is 11.4 Å². The number of aryl methyl sites for hydroxylation is 1. The summed E-state index contributed by atoms with van der Waals surface area (Å²) < 4.78 is 7.47. The Morgan fingerprint density at radius 1 is 1.07 bits per heavy atom. The predicted octanol–water partition coefficient (Wildman–Crippen LogP) is 7.05. The second-order valence-electron chi connectivity index (χ2n) is 10.7. The van der Waals surface area contributed by atoms with Crippen LogP contribution in [0.5, 0.6) is 5.75 Å². The Balaban J connectivity index is 1.65. The van der Waals surface area contributed by atoms with E-state index in [4.69, 9.17) is 33.0 Å². The van der Waals surface area contributed by atoms with Gasteiger partial charge in [-0.3, -0.25) is 14.5 Å². The molecule has 0 fully saturated rings. The highest BCUT2D eigenvalue weighted by Crippen LogP contribution is 2.56. The van der Waals surface area contributed by atoms with Crippen LogP contribution in [0, 0.1) is 6.92 Å².